The summed E-state index contributed by atoms with van der Waals surface area (Å²) in [6, 6.07) is 3.93. The number of aliphatic hydroxyl groups is 1. The number of nitrogens with zero attached hydrogens (tertiary/aromatic N) is 1. The summed E-state index contributed by atoms with van der Waals surface area (Å²) in [5.41, 5.74) is 2.08. The molecule has 0 bridgehead atoms. The number of hydrogen-bond acceptors (Lipinski definition) is 2. The van der Waals surface area contributed by atoms with Crippen molar-refractivity contribution in [2.45, 2.75) is 32.8 Å². The van der Waals surface area contributed by atoms with E-state index in [1.165, 1.54) is 5.56 Å². The number of aliphatic hydroxyl groups excluding tert-OH is 1. The number of aromatic nitrogens is 1. The maximum absolute atomic E-state index is 8.87. The zero-order chi connectivity index (χ0) is 9.19. The fraction of sp³-hybridized carbons (Fsp3) is 0.500. The summed E-state index contributed by atoms with van der Waals surface area (Å²) in [5, 5.41) is 8.87. The van der Waals surface area contributed by atoms with Gasteiger partial charge in [0.25, 0.3) is 0 Å². The summed E-state index contributed by atoms with van der Waals surface area (Å²) in [7, 11) is 0. The first-order chi connectivity index (χ1) is 5.54. The lowest BCUT2D eigenvalue weighted by molar-refractivity contribution is 0.276. The molecule has 1 heterocycles. The average Bonchev–Trinajstić information content (AvgIpc) is 2.03. The Morgan fingerprint density at radius 1 is 1.42 bits per heavy atom. The van der Waals surface area contributed by atoms with Gasteiger partial charge in [-0.05, 0) is 23.1 Å². The lowest BCUT2D eigenvalue weighted by Gasteiger charge is -2.18. The molecule has 0 spiro atoms. The van der Waals surface area contributed by atoms with Gasteiger partial charge >= 0.3 is 0 Å². The predicted molar refractivity (Wildman–Crippen MR) is 48.9 cm³/mol. The lowest BCUT2D eigenvalue weighted by Crippen LogP contribution is -2.11. The van der Waals surface area contributed by atoms with E-state index in [2.05, 4.69) is 25.8 Å². The Hall–Kier alpha value is -0.890. The molecule has 1 N–H and O–H groups in total. The molecular weight excluding hydrogens is 150 g/mol. The molecule has 0 aromatic carbocycles. The Balaban J connectivity index is 3.02. The van der Waals surface area contributed by atoms with E-state index in [4.69, 9.17) is 5.11 Å². The molecule has 0 unspecified atom stereocenters. The summed E-state index contributed by atoms with van der Waals surface area (Å²) in [6.07, 6.45) is 1.74. The largest absolute Gasteiger partial charge is 0.390 e. The minimum atomic E-state index is 0.0178. The second kappa shape index (κ2) is 3.23. The molecule has 1 aromatic heterocycles. The standard InChI is InChI=1S/C10H15NO/c1-10(2,3)8-4-5-11-9(6-8)7-12/h4-6,12H,7H2,1-3H3. The van der Waals surface area contributed by atoms with Crippen molar-refractivity contribution in [3.63, 3.8) is 0 Å². The molecule has 0 aliphatic rings. The van der Waals surface area contributed by atoms with Crippen molar-refractivity contribution in [3.05, 3.63) is 29.6 Å². The second-order valence-corrected chi connectivity index (χ2v) is 3.94. The smallest absolute Gasteiger partial charge is 0.0853 e. The van der Waals surface area contributed by atoms with Crippen LogP contribution in [0.5, 0.6) is 0 Å². The Kier molecular flexibility index (Phi) is 2.48. The summed E-state index contributed by atoms with van der Waals surface area (Å²) in [6.45, 7) is 6.44. The van der Waals surface area contributed by atoms with Crippen molar-refractivity contribution in [2.75, 3.05) is 0 Å². The highest BCUT2D eigenvalue weighted by Gasteiger charge is 2.13. The van der Waals surface area contributed by atoms with Crippen LogP contribution in [0.3, 0.4) is 0 Å². The molecule has 2 nitrogen and oxygen atoms in total. The zero-order valence-electron chi connectivity index (χ0n) is 7.83. The first-order valence-electron chi connectivity index (χ1n) is 4.10. The van der Waals surface area contributed by atoms with Crippen LogP contribution in [0.4, 0.5) is 0 Å². The van der Waals surface area contributed by atoms with Crippen LogP contribution in [0.2, 0.25) is 0 Å². The predicted octanol–water partition coefficient (Wildman–Crippen LogP) is 1.87. The van der Waals surface area contributed by atoms with Gasteiger partial charge in [-0.2, -0.15) is 0 Å². The maximum atomic E-state index is 8.87. The highest BCUT2D eigenvalue weighted by molar-refractivity contribution is 5.23. The van der Waals surface area contributed by atoms with Crippen LogP contribution in [0.15, 0.2) is 18.3 Å². The summed E-state index contributed by atoms with van der Waals surface area (Å²) in [5.74, 6) is 0. The molecule has 0 aliphatic carbocycles. The summed E-state index contributed by atoms with van der Waals surface area (Å²) in [4.78, 5) is 4.02. The van der Waals surface area contributed by atoms with E-state index in [0.717, 1.165) is 5.69 Å². The van der Waals surface area contributed by atoms with Crippen molar-refractivity contribution < 1.29 is 5.11 Å². The lowest BCUT2D eigenvalue weighted by atomic mass is 9.87. The molecular formula is C10H15NO. The fourth-order valence-corrected chi connectivity index (χ4v) is 1.03. The monoisotopic (exact) mass is 165 g/mol. The van der Waals surface area contributed by atoms with E-state index < -0.39 is 0 Å². The molecule has 0 atom stereocenters. The molecule has 1 rings (SSSR count). The van der Waals surface area contributed by atoms with Crippen LogP contribution < -0.4 is 0 Å². The molecule has 0 aliphatic heterocycles. The first-order valence-corrected chi connectivity index (χ1v) is 4.10. The molecule has 0 saturated carbocycles. The van der Waals surface area contributed by atoms with Crippen LogP contribution in [-0.2, 0) is 12.0 Å². The van der Waals surface area contributed by atoms with E-state index in [0.29, 0.717) is 0 Å². The van der Waals surface area contributed by atoms with E-state index in [-0.39, 0.29) is 12.0 Å². The Morgan fingerprint density at radius 3 is 2.58 bits per heavy atom. The second-order valence-electron chi connectivity index (χ2n) is 3.94. The van der Waals surface area contributed by atoms with E-state index >= 15 is 0 Å². The summed E-state index contributed by atoms with van der Waals surface area (Å²) >= 11 is 0. The molecule has 66 valence electrons. The maximum Gasteiger partial charge on any atom is 0.0853 e. The van der Waals surface area contributed by atoms with Crippen LogP contribution in [0, 0.1) is 0 Å². The van der Waals surface area contributed by atoms with Gasteiger partial charge in [0.2, 0.25) is 0 Å². The van der Waals surface area contributed by atoms with Crippen LogP contribution >= 0.6 is 0 Å². The Labute approximate surface area is 73.3 Å². The highest BCUT2D eigenvalue weighted by Crippen LogP contribution is 2.21. The molecule has 0 amide bonds. The molecule has 0 radical (unpaired) electrons. The average molecular weight is 165 g/mol. The molecule has 2 heteroatoms. The zero-order valence-corrected chi connectivity index (χ0v) is 7.83. The molecule has 0 saturated heterocycles. The number of pyridine rings is 1. The number of hydrogen-bond donors (Lipinski definition) is 1. The van der Waals surface area contributed by atoms with Gasteiger partial charge in [0.15, 0.2) is 0 Å². The first kappa shape index (κ1) is 9.20. The minimum absolute atomic E-state index is 0.0178. The van der Waals surface area contributed by atoms with Crippen LogP contribution in [0.25, 0.3) is 0 Å². The van der Waals surface area contributed by atoms with Gasteiger partial charge in [0.05, 0.1) is 12.3 Å². The van der Waals surface area contributed by atoms with Crippen molar-refractivity contribution in [1.29, 1.82) is 0 Å². The van der Waals surface area contributed by atoms with Crippen molar-refractivity contribution in [3.8, 4) is 0 Å². The van der Waals surface area contributed by atoms with Gasteiger partial charge in [-0.3, -0.25) is 4.98 Å². The minimum Gasteiger partial charge on any atom is -0.390 e. The summed E-state index contributed by atoms with van der Waals surface area (Å²) < 4.78 is 0. The molecule has 0 fully saturated rings. The van der Waals surface area contributed by atoms with Gasteiger partial charge in [-0.25, -0.2) is 0 Å². The topological polar surface area (TPSA) is 33.1 Å². The molecule has 1 aromatic rings. The third-order valence-electron chi connectivity index (χ3n) is 1.84. The van der Waals surface area contributed by atoms with Crippen LogP contribution in [0.1, 0.15) is 32.0 Å². The van der Waals surface area contributed by atoms with E-state index in [1.807, 2.05) is 12.1 Å². The third-order valence-corrected chi connectivity index (χ3v) is 1.84. The third kappa shape index (κ3) is 2.05. The van der Waals surface area contributed by atoms with Crippen molar-refractivity contribution in [2.24, 2.45) is 0 Å². The Morgan fingerprint density at radius 2 is 2.08 bits per heavy atom. The van der Waals surface area contributed by atoms with Gasteiger partial charge in [0, 0.05) is 6.20 Å². The van der Waals surface area contributed by atoms with Gasteiger partial charge in [-0.15, -0.1) is 0 Å². The van der Waals surface area contributed by atoms with Crippen molar-refractivity contribution >= 4 is 0 Å². The van der Waals surface area contributed by atoms with Gasteiger partial charge in [-0.1, -0.05) is 20.8 Å². The highest BCUT2D eigenvalue weighted by atomic mass is 16.3. The van der Waals surface area contributed by atoms with Crippen LogP contribution in [-0.4, -0.2) is 10.1 Å². The quantitative estimate of drug-likeness (QED) is 0.689. The Bertz CT molecular complexity index is 263. The SMILES string of the molecule is CC(C)(C)c1ccnc(CO)c1. The number of rotatable bonds is 1. The van der Waals surface area contributed by atoms with E-state index in [1.54, 1.807) is 6.20 Å². The van der Waals surface area contributed by atoms with Crippen molar-refractivity contribution in [1.82, 2.24) is 4.98 Å². The van der Waals surface area contributed by atoms with Gasteiger partial charge in [0.1, 0.15) is 0 Å². The molecule has 12 heavy (non-hydrogen) atoms. The fourth-order valence-electron chi connectivity index (χ4n) is 1.03. The van der Waals surface area contributed by atoms with E-state index in [9.17, 15) is 0 Å². The van der Waals surface area contributed by atoms with Gasteiger partial charge < -0.3 is 5.11 Å². The normalized spacial score (nSPS) is 11.7.